The van der Waals surface area contributed by atoms with Crippen LogP contribution in [0.5, 0.6) is 0 Å². The number of nitrogens with zero attached hydrogens (tertiary/aromatic N) is 3. The molecule has 5 nitrogen and oxygen atoms in total. The molecular weight excluding hydrogens is 285 g/mol. The van der Waals surface area contributed by atoms with Crippen molar-refractivity contribution in [2.75, 3.05) is 18.1 Å². The quantitative estimate of drug-likeness (QED) is 0.874. The third-order valence-corrected chi connectivity index (χ3v) is 3.66. The van der Waals surface area contributed by atoms with Crippen molar-refractivity contribution in [1.82, 2.24) is 9.97 Å². The second-order valence-corrected chi connectivity index (χ2v) is 5.09. The Bertz CT molecular complexity index is 628. The molecule has 0 aromatic carbocycles. The first kappa shape index (κ1) is 14.6. The number of pyridine rings is 2. The molecule has 0 aliphatic carbocycles. The van der Waals surface area contributed by atoms with E-state index in [2.05, 4.69) is 9.97 Å². The maximum absolute atomic E-state index is 13.1. The highest BCUT2D eigenvalue weighted by Crippen LogP contribution is 2.23. The standard InChI is InChI=1S/C16H16FN3O2/c17-13-1-2-15(19-11-13)20(14-5-9-22-10-6-14)16(21)12-3-7-18-8-4-12/h1-4,7-8,11,14H,5-6,9-10H2. The highest BCUT2D eigenvalue weighted by molar-refractivity contribution is 6.05. The maximum Gasteiger partial charge on any atom is 0.259 e. The predicted octanol–water partition coefficient (Wildman–Crippen LogP) is 2.44. The number of anilines is 1. The molecule has 0 bridgehead atoms. The van der Waals surface area contributed by atoms with E-state index in [0.29, 0.717) is 24.6 Å². The molecule has 3 heterocycles. The zero-order valence-electron chi connectivity index (χ0n) is 12.0. The van der Waals surface area contributed by atoms with Gasteiger partial charge in [-0.2, -0.15) is 0 Å². The number of halogens is 1. The molecule has 3 rings (SSSR count). The van der Waals surface area contributed by atoms with Gasteiger partial charge in [-0.1, -0.05) is 0 Å². The summed E-state index contributed by atoms with van der Waals surface area (Å²) in [5.74, 6) is -0.129. The van der Waals surface area contributed by atoms with Crippen LogP contribution in [0.4, 0.5) is 10.2 Å². The van der Waals surface area contributed by atoms with Crippen LogP contribution in [0.15, 0.2) is 42.9 Å². The summed E-state index contributed by atoms with van der Waals surface area (Å²) in [4.78, 5) is 22.5. The van der Waals surface area contributed by atoms with Crippen LogP contribution in [0.1, 0.15) is 23.2 Å². The minimum absolute atomic E-state index is 0.00706. The van der Waals surface area contributed by atoms with Gasteiger partial charge in [0.05, 0.1) is 6.20 Å². The maximum atomic E-state index is 13.1. The molecule has 114 valence electrons. The molecule has 1 amide bonds. The number of hydrogen-bond acceptors (Lipinski definition) is 4. The number of aromatic nitrogens is 2. The van der Waals surface area contributed by atoms with Crippen molar-refractivity contribution in [2.24, 2.45) is 0 Å². The van der Waals surface area contributed by atoms with Crippen LogP contribution in [0.3, 0.4) is 0 Å². The fourth-order valence-corrected chi connectivity index (χ4v) is 2.54. The van der Waals surface area contributed by atoms with Crippen LogP contribution >= 0.6 is 0 Å². The van der Waals surface area contributed by atoms with E-state index in [0.717, 1.165) is 19.0 Å². The molecule has 1 aliphatic rings. The fraction of sp³-hybridized carbons (Fsp3) is 0.312. The van der Waals surface area contributed by atoms with Crippen LogP contribution in [0.25, 0.3) is 0 Å². The van der Waals surface area contributed by atoms with E-state index in [-0.39, 0.29) is 11.9 Å². The third kappa shape index (κ3) is 3.12. The molecule has 1 fully saturated rings. The number of rotatable bonds is 3. The van der Waals surface area contributed by atoms with Crippen molar-refractivity contribution in [3.05, 3.63) is 54.2 Å². The molecule has 0 radical (unpaired) electrons. The topological polar surface area (TPSA) is 55.3 Å². The Kier molecular flexibility index (Phi) is 4.39. The summed E-state index contributed by atoms with van der Waals surface area (Å²) in [6.07, 6.45) is 5.74. The zero-order chi connectivity index (χ0) is 15.4. The van der Waals surface area contributed by atoms with Gasteiger partial charge in [-0.3, -0.25) is 14.7 Å². The number of carbonyl (C=O) groups is 1. The number of ether oxygens (including phenoxy) is 1. The summed E-state index contributed by atoms with van der Waals surface area (Å²) in [6, 6.07) is 6.17. The lowest BCUT2D eigenvalue weighted by Crippen LogP contribution is -2.44. The molecule has 0 saturated carbocycles. The van der Waals surface area contributed by atoms with Crippen LogP contribution in [-0.2, 0) is 4.74 Å². The predicted molar refractivity (Wildman–Crippen MR) is 79.1 cm³/mol. The van der Waals surface area contributed by atoms with Crippen molar-refractivity contribution in [3.63, 3.8) is 0 Å². The Hall–Kier alpha value is -2.34. The Labute approximate surface area is 127 Å². The first-order chi connectivity index (χ1) is 10.8. The lowest BCUT2D eigenvalue weighted by molar-refractivity contribution is 0.0770. The first-order valence-electron chi connectivity index (χ1n) is 7.18. The van der Waals surface area contributed by atoms with E-state index in [1.807, 2.05) is 0 Å². The molecule has 6 heteroatoms. The molecule has 2 aromatic heterocycles. The molecule has 1 saturated heterocycles. The molecular formula is C16H16FN3O2. The van der Waals surface area contributed by atoms with Gasteiger partial charge in [0.1, 0.15) is 11.6 Å². The van der Waals surface area contributed by atoms with E-state index in [4.69, 9.17) is 4.74 Å². The molecule has 0 spiro atoms. The van der Waals surface area contributed by atoms with Gasteiger partial charge >= 0.3 is 0 Å². The lowest BCUT2D eigenvalue weighted by atomic mass is 10.1. The van der Waals surface area contributed by atoms with Gasteiger partial charge in [-0.25, -0.2) is 9.37 Å². The molecule has 0 N–H and O–H groups in total. The highest BCUT2D eigenvalue weighted by atomic mass is 19.1. The van der Waals surface area contributed by atoms with Crippen molar-refractivity contribution >= 4 is 11.7 Å². The van der Waals surface area contributed by atoms with Crippen LogP contribution in [0, 0.1) is 5.82 Å². The Morgan fingerprint density at radius 1 is 1.18 bits per heavy atom. The molecule has 0 atom stereocenters. The van der Waals surface area contributed by atoms with Crippen molar-refractivity contribution in [2.45, 2.75) is 18.9 Å². The Morgan fingerprint density at radius 2 is 1.91 bits per heavy atom. The van der Waals surface area contributed by atoms with Gasteiger partial charge in [-0.15, -0.1) is 0 Å². The number of carbonyl (C=O) groups excluding carboxylic acids is 1. The van der Waals surface area contributed by atoms with E-state index < -0.39 is 5.82 Å². The van der Waals surface area contributed by atoms with Gasteiger partial charge in [0, 0.05) is 37.2 Å². The van der Waals surface area contributed by atoms with E-state index in [1.165, 1.54) is 12.1 Å². The van der Waals surface area contributed by atoms with Gasteiger partial charge in [-0.05, 0) is 37.1 Å². The van der Waals surface area contributed by atoms with Crippen molar-refractivity contribution in [1.29, 1.82) is 0 Å². The monoisotopic (exact) mass is 301 g/mol. The minimum Gasteiger partial charge on any atom is -0.381 e. The van der Waals surface area contributed by atoms with Gasteiger partial charge < -0.3 is 4.74 Å². The van der Waals surface area contributed by atoms with E-state index >= 15 is 0 Å². The average molecular weight is 301 g/mol. The second-order valence-electron chi connectivity index (χ2n) is 5.09. The third-order valence-electron chi connectivity index (χ3n) is 3.66. The number of hydrogen-bond donors (Lipinski definition) is 0. The summed E-state index contributed by atoms with van der Waals surface area (Å²) in [5.41, 5.74) is 0.535. The smallest absolute Gasteiger partial charge is 0.259 e. The Balaban J connectivity index is 1.95. The number of amides is 1. The normalized spacial score (nSPS) is 15.5. The van der Waals surface area contributed by atoms with Gasteiger partial charge in [0.15, 0.2) is 0 Å². The minimum atomic E-state index is -0.424. The van der Waals surface area contributed by atoms with E-state index in [9.17, 15) is 9.18 Å². The van der Waals surface area contributed by atoms with Gasteiger partial charge in [0.2, 0.25) is 0 Å². The lowest BCUT2D eigenvalue weighted by Gasteiger charge is -2.33. The molecule has 2 aromatic rings. The highest BCUT2D eigenvalue weighted by Gasteiger charge is 2.28. The van der Waals surface area contributed by atoms with Crippen LogP contribution < -0.4 is 4.90 Å². The van der Waals surface area contributed by atoms with E-state index in [1.54, 1.807) is 29.4 Å². The summed E-state index contributed by atoms with van der Waals surface area (Å²) in [5, 5.41) is 0. The second kappa shape index (κ2) is 6.62. The van der Waals surface area contributed by atoms with Crippen molar-refractivity contribution in [3.8, 4) is 0 Å². The summed E-state index contributed by atoms with van der Waals surface area (Å²) in [7, 11) is 0. The summed E-state index contributed by atoms with van der Waals surface area (Å²) in [6.45, 7) is 1.21. The average Bonchev–Trinajstić information content (AvgIpc) is 2.58. The first-order valence-corrected chi connectivity index (χ1v) is 7.18. The fourth-order valence-electron chi connectivity index (χ4n) is 2.54. The SMILES string of the molecule is O=C(c1ccncc1)N(c1ccc(F)cn1)C1CCOCC1. The van der Waals surface area contributed by atoms with Crippen molar-refractivity contribution < 1.29 is 13.9 Å². The summed E-state index contributed by atoms with van der Waals surface area (Å²) < 4.78 is 18.5. The summed E-state index contributed by atoms with van der Waals surface area (Å²) >= 11 is 0. The van der Waals surface area contributed by atoms with Crippen LogP contribution in [0.2, 0.25) is 0 Å². The Morgan fingerprint density at radius 3 is 2.55 bits per heavy atom. The van der Waals surface area contributed by atoms with Gasteiger partial charge in [0.25, 0.3) is 5.91 Å². The molecule has 22 heavy (non-hydrogen) atoms. The molecule has 1 aliphatic heterocycles. The zero-order valence-corrected chi connectivity index (χ0v) is 12.0. The largest absolute Gasteiger partial charge is 0.381 e. The molecule has 0 unspecified atom stereocenters. The van der Waals surface area contributed by atoms with Crippen LogP contribution in [-0.4, -0.2) is 35.1 Å².